The van der Waals surface area contributed by atoms with E-state index < -0.39 is 0 Å². The number of hydrogen-bond donors (Lipinski definition) is 2. The summed E-state index contributed by atoms with van der Waals surface area (Å²) < 4.78 is 0. The Hall–Kier alpha value is -1.36. The zero-order valence-corrected chi connectivity index (χ0v) is 14.0. The fourth-order valence-electron chi connectivity index (χ4n) is 2.86. The molecule has 0 saturated carbocycles. The zero-order valence-electron chi connectivity index (χ0n) is 14.0. The van der Waals surface area contributed by atoms with Crippen LogP contribution >= 0.6 is 0 Å². The molecular weight excluding hydrogens is 262 g/mol. The number of rotatable bonds is 3. The largest absolute Gasteiger partial charge is 0.356 e. The predicted octanol–water partition coefficient (Wildman–Crippen LogP) is 3.21. The van der Waals surface area contributed by atoms with Crippen molar-refractivity contribution in [2.24, 2.45) is 11.3 Å². The van der Waals surface area contributed by atoms with Crippen LogP contribution in [0.5, 0.6) is 0 Å². The summed E-state index contributed by atoms with van der Waals surface area (Å²) in [4.78, 5) is 11.7. The van der Waals surface area contributed by atoms with Gasteiger partial charge in [-0.3, -0.25) is 0 Å². The van der Waals surface area contributed by atoms with Crippen LogP contribution in [0.25, 0.3) is 0 Å². The fraction of sp³-hybridized carbons (Fsp3) is 0.750. The summed E-state index contributed by atoms with van der Waals surface area (Å²) in [6.45, 7) is 13.1. The molecule has 1 aromatic rings. The number of nitrogens with one attached hydrogen (secondary N) is 1. The van der Waals surface area contributed by atoms with Crippen molar-refractivity contribution in [3.8, 4) is 0 Å². The Morgan fingerprint density at radius 3 is 2.52 bits per heavy atom. The molecule has 1 fully saturated rings. The molecule has 2 heterocycles. The molecule has 0 atom stereocenters. The quantitative estimate of drug-likeness (QED) is 0.661. The first kappa shape index (κ1) is 16.0. The number of nitrogens with two attached hydrogens (primary N) is 1. The van der Waals surface area contributed by atoms with Gasteiger partial charge in [-0.1, -0.05) is 27.7 Å². The molecule has 0 amide bonds. The molecule has 5 nitrogen and oxygen atoms in total. The lowest BCUT2D eigenvalue weighted by Gasteiger charge is -2.26. The molecule has 1 aromatic heterocycles. The van der Waals surface area contributed by atoms with Crippen molar-refractivity contribution in [2.45, 2.75) is 59.8 Å². The summed E-state index contributed by atoms with van der Waals surface area (Å²) in [5.74, 6) is 8.56. The Morgan fingerprint density at radius 2 is 1.90 bits per heavy atom. The molecule has 5 heteroatoms. The summed E-state index contributed by atoms with van der Waals surface area (Å²) in [6.07, 6.45) is 3.67. The van der Waals surface area contributed by atoms with E-state index in [1.165, 1.54) is 19.3 Å². The minimum absolute atomic E-state index is 0.292. The van der Waals surface area contributed by atoms with Crippen molar-refractivity contribution in [2.75, 3.05) is 23.4 Å². The topological polar surface area (TPSA) is 67.1 Å². The highest BCUT2D eigenvalue weighted by Crippen LogP contribution is 2.33. The molecule has 0 bridgehead atoms. The third-order valence-corrected chi connectivity index (χ3v) is 4.43. The Kier molecular flexibility index (Phi) is 4.71. The second kappa shape index (κ2) is 6.18. The molecule has 21 heavy (non-hydrogen) atoms. The SMILES string of the molecule is Cc1c(NN)nc(C(C)C)nc1N1CCCC(C)(C)CC1. The standard InChI is InChI=1S/C16H29N5/c1-11(2)13-18-14(20-17)12(3)15(19-13)21-9-6-7-16(4,5)8-10-21/h11H,6-10,17H2,1-5H3,(H,18,19,20). The van der Waals surface area contributed by atoms with Crippen molar-refractivity contribution in [3.63, 3.8) is 0 Å². The number of hydrogen-bond acceptors (Lipinski definition) is 5. The van der Waals surface area contributed by atoms with E-state index in [1.54, 1.807) is 0 Å². The van der Waals surface area contributed by atoms with Crippen molar-refractivity contribution in [1.29, 1.82) is 0 Å². The van der Waals surface area contributed by atoms with E-state index in [0.717, 1.165) is 36.1 Å². The number of nitrogen functional groups attached to an aromatic ring is 1. The average Bonchev–Trinajstić information content (AvgIpc) is 2.60. The maximum atomic E-state index is 5.63. The first-order chi connectivity index (χ1) is 9.84. The molecule has 0 radical (unpaired) electrons. The van der Waals surface area contributed by atoms with Gasteiger partial charge in [0.15, 0.2) is 0 Å². The molecule has 118 valence electrons. The summed E-state index contributed by atoms with van der Waals surface area (Å²) in [5.41, 5.74) is 4.19. The highest BCUT2D eigenvalue weighted by molar-refractivity contribution is 5.58. The van der Waals surface area contributed by atoms with Gasteiger partial charge in [-0.25, -0.2) is 15.8 Å². The summed E-state index contributed by atoms with van der Waals surface area (Å²) >= 11 is 0. The number of hydrazine groups is 1. The molecule has 1 saturated heterocycles. The maximum absolute atomic E-state index is 5.63. The third kappa shape index (κ3) is 3.64. The first-order valence-electron chi connectivity index (χ1n) is 7.94. The van der Waals surface area contributed by atoms with Crippen molar-refractivity contribution in [1.82, 2.24) is 9.97 Å². The van der Waals surface area contributed by atoms with Gasteiger partial charge in [0.05, 0.1) is 0 Å². The van der Waals surface area contributed by atoms with Gasteiger partial charge in [-0.15, -0.1) is 0 Å². The molecule has 0 unspecified atom stereocenters. The van der Waals surface area contributed by atoms with Gasteiger partial charge in [0.1, 0.15) is 17.5 Å². The minimum Gasteiger partial charge on any atom is -0.356 e. The highest BCUT2D eigenvalue weighted by Gasteiger charge is 2.25. The average molecular weight is 291 g/mol. The van der Waals surface area contributed by atoms with Crippen LogP contribution in [0.15, 0.2) is 0 Å². The Bertz CT molecular complexity index is 496. The van der Waals surface area contributed by atoms with Gasteiger partial charge < -0.3 is 10.3 Å². The second-order valence-corrected chi connectivity index (χ2v) is 7.18. The third-order valence-electron chi connectivity index (χ3n) is 4.43. The van der Waals surface area contributed by atoms with E-state index in [-0.39, 0.29) is 0 Å². The highest BCUT2D eigenvalue weighted by atomic mass is 15.3. The zero-order chi connectivity index (χ0) is 15.6. The Morgan fingerprint density at radius 1 is 1.19 bits per heavy atom. The van der Waals surface area contributed by atoms with Crippen LogP contribution in [0.4, 0.5) is 11.6 Å². The summed E-state index contributed by atoms with van der Waals surface area (Å²) in [6, 6.07) is 0. The van der Waals surface area contributed by atoms with Gasteiger partial charge >= 0.3 is 0 Å². The second-order valence-electron chi connectivity index (χ2n) is 7.18. The van der Waals surface area contributed by atoms with E-state index in [4.69, 9.17) is 10.8 Å². The molecule has 1 aliphatic rings. The van der Waals surface area contributed by atoms with Crippen LogP contribution in [0.2, 0.25) is 0 Å². The molecular formula is C16H29N5. The number of anilines is 2. The van der Waals surface area contributed by atoms with Crippen LogP contribution in [0.3, 0.4) is 0 Å². The van der Waals surface area contributed by atoms with Crippen molar-refractivity contribution < 1.29 is 0 Å². The van der Waals surface area contributed by atoms with Crippen LogP contribution in [-0.4, -0.2) is 23.1 Å². The van der Waals surface area contributed by atoms with Gasteiger partial charge in [-0.2, -0.15) is 0 Å². The first-order valence-corrected chi connectivity index (χ1v) is 7.94. The van der Waals surface area contributed by atoms with Crippen LogP contribution in [0.1, 0.15) is 64.3 Å². The lowest BCUT2D eigenvalue weighted by Crippen LogP contribution is -2.28. The fourth-order valence-corrected chi connectivity index (χ4v) is 2.86. The number of aromatic nitrogens is 2. The molecule has 2 rings (SSSR count). The number of nitrogens with zero attached hydrogens (tertiary/aromatic N) is 3. The molecule has 3 N–H and O–H groups in total. The van der Waals surface area contributed by atoms with Crippen LogP contribution < -0.4 is 16.2 Å². The normalized spacial score (nSPS) is 18.7. The smallest absolute Gasteiger partial charge is 0.148 e. The van der Waals surface area contributed by atoms with E-state index in [2.05, 4.69) is 43.0 Å². The van der Waals surface area contributed by atoms with E-state index in [1.807, 2.05) is 6.92 Å². The monoisotopic (exact) mass is 291 g/mol. The lowest BCUT2D eigenvalue weighted by molar-refractivity contribution is 0.325. The van der Waals surface area contributed by atoms with Gasteiger partial charge in [0.2, 0.25) is 0 Å². The Labute approximate surface area is 128 Å². The predicted molar refractivity (Wildman–Crippen MR) is 88.5 cm³/mol. The molecule has 0 aliphatic carbocycles. The van der Waals surface area contributed by atoms with Crippen LogP contribution in [-0.2, 0) is 0 Å². The molecule has 0 aromatic carbocycles. The van der Waals surface area contributed by atoms with E-state index in [9.17, 15) is 0 Å². The van der Waals surface area contributed by atoms with Crippen LogP contribution in [0, 0.1) is 12.3 Å². The minimum atomic E-state index is 0.292. The lowest BCUT2D eigenvalue weighted by atomic mass is 9.85. The van der Waals surface area contributed by atoms with E-state index >= 15 is 0 Å². The van der Waals surface area contributed by atoms with Crippen molar-refractivity contribution in [3.05, 3.63) is 11.4 Å². The molecule has 1 aliphatic heterocycles. The maximum Gasteiger partial charge on any atom is 0.148 e. The Balaban J connectivity index is 2.35. The van der Waals surface area contributed by atoms with E-state index in [0.29, 0.717) is 11.3 Å². The van der Waals surface area contributed by atoms with Crippen molar-refractivity contribution >= 4 is 11.6 Å². The van der Waals surface area contributed by atoms with Gasteiger partial charge in [0, 0.05) is 24.6 Å². The summed E-state index contributed by atoms with van der Waals surface area (Å²) in [7, 11) is 0. The van der Waals surface area contributed by atoms with Gasteiger partial charge in [-0.05, 0) is 31.6 Å². The molecule has 0 spiro atoms. The van der Waals surface area contributed by atoms with Gasteiger partial charge in [0.25, 0.3) is 0 Å². The summed E-state index contributed by atoms with van der Waals surface area (Å²) in [5, 5.41) is 0.